The standard InChI is InChI=1S/C20H19N3O2/c1-2-11-23-18(21-17-10-6-4-8-14(17)20(23)25)15-12-13-7-3-5-9-16(13)22-19(15)24/h3-10,12,18,21H,2,11H2,1H3,(H,22,24)/t18-/m1/s1. The average Bonchev–Trinajstić information content (AvgIpc) is 2.63. The normalized spacial score (nSPS) is 16.6. The third kappa shape index (κ3) is 2.58. The molecule has 126 valence electrons. The second kappa shape index (κ2) is 6.09. The van der Waals surface area contributed by atoms with Crippen molar-refractivity contribution in [1.29, 1.82) is 0 Å². The zero-order chi connectivity index (χ0) is 17.4. The van der Waals surface area contributed by atoms with Crippen LogP contribution in [0.2, 0.25) is 0 Å². The maximum atomic E-state index is 12.9. The molecule has 0 unspecified atom stereocenters. The number of fused-ring (bicyclic) bond motifs is 2. The average molecular weight is 333 g/mol. The molecular formula is C20H19N3O2. The number of para-hydroxylation sites is 2. The van der Waals surface area contributed by atoms with Gasteiger partial charge in [-0.1, -0.05) is 37.3 Å². The summed E-state index contributed by atoms with van der Waals surface area (Å²) in [6, 6.07) is 16.9. The SMILES string of the molecule is CCCN1C(=O)c2ccccc2N[C@H]1c1cc2ccccc2[nH]c1=O. The summed E-state index contributed by atoms with van der Waals surface area (Å²) in [6.45, 7) is 2.60. The number of pyridine rings is 1. The minimum atomic E-state index is -0.476. The lowest BCUT2D eigenvalue weighted by molar-refractivity contribution is 0.0682. The lowest BCUT2D eigenvalue weighted by Gasteiger charge is -2.37. The molecule has 0 spiro atoms. The molecule has 5 heteroatoms. The largest absolute Gasteiger partial charge is 0.361 e. The van der Waals surface area contributed by atoms with Gasteiger partial charge in [-0.05, 0) is 36.1 Å². The van der Waals surface area contributed by atoms with E-state index in [1.165, 1.54) is 0 Å². The predicted octanol–water partition coefficient (Wildman–Crippen LogP) is 3.50. The van der Waals surface area contributed by atoms with Crippen molar-refractivity contribution in [2.75, 3.05) is 11.9 Å². The van der Waals surface area contributed by atoms with Crippen LogP contribution < -0.4 is 10.9 Å². The molecular weight excluding hydrogens is 314 g/mol. The van der Waals surface area contributed by atoms with Gasteiger partial charge in [0.1, 0.15) is 6.17 Å². The number of hydrogen-bond donors (Lipinski definition) is 2. The first-order valence-electron chi connectivity index (χ1n) is 8.47. The van der Waals surface area contributed by atoms with Crippen LogP contribution in [0.4, 0.5) is 5.69 Å². The molecule has 2 heterocycles. The number of nitrogens with zero attached hydrogens (tertiary/aromatic N) is 1. The van der Waals surface area contributed by atoms with E-state index in [2.05, 4.69) is 10.3 Å². The number of carbonyl (C=O) groups excluding carboxylic acids is 1. The molecule has 0 saturated heterocycles. The summed E-state index contributed by atoms with van der Waals surface area (Å²) >= 11 is 0. The second-order valence-corrected chi connectivity index (χ2v) is 6.23. The highest BCUT2D eigenvalue weighted by atomic mass is 16.2. The Balaban J connectivity index is 1.87. The van der Waals surface area contributed by atoms with Crippen LogP contribution in [0.15, 0.2) is 59.4 Å². The number of aromatic nitrogens is 1. The number of amides is 1. The predicted molar refractivity (Wildman–Crippen MR) is 98.7 cm³/mol. The van der Waals surface area contributed by atoms with Gasteiger partial charge in [-0.3, -0.25) is 9.59 Å². The Morgan fingerprint density at radius 1 is 1.04 bits per heavy atom. The van der Waals surface area contributed by atoms with Gasteiger partial charge in [0.2, 0.25) is 0 Å². The topological polar surface area (TPSA) is 65.2 Å². The van der Waals surface area contributed by atoms with Crippen LogP contribution in [-0.4, -0.2) is 22.3 Å². The van der Waals surface area contributed by atoms with E-state index in [0.717, 1.165) is 23.0 Å². The zero-order valence-corrected chi connectivity index (χ0v) is 14.0. The summed E-state index contributed by atoms with van der Waals surface area (Å²) < 4.78 is 0. The van der Waals surface area contributed by atoms with E-state index in [9.17, 15) is 9.59 Å². The molecule has 0 bridgehead atoms. The third-order valence-corrected chi connectivity index (χ3v) is 4.56. The Kier molecular flexibility index (Phi) is 3.76. The van der Waals surface area contributed by atoms with Gasteiger partial charge in [-0.25, -0.2) is 0 Å². The van der Waals surface area contributed by atoms with Crippen molar-refractivity contribution in [3.8, 4) is 0 Å². The Morgan fingerprint density at radius 2 is 1.80 bits per heavy atom. The molecule has 1 atom stereocenters. The molecule has 1 aromatic heterocycles. The van der Waals surface area contributed by atoms with Crippen LogP contribution in [0.3, 0.4) is 0 Å². The Morgan fingerprint density at radius 3 is 2.64 bits per heavy atom. The van der Waals surface area contributed by atoms with Gasteiger partial charge in [0, 0.05) is 17.7 Å². The summed E-state index contributed by atoms with van der Waals surface area (Å²) in [7, 11) is 0. The number of anilines is 1. The van der Waals surface area contributed by atoms with Gasteiger partial charge in [-0.15, -0.1) is 0 Å². The fourth-order valence-corrected chi connectivity index (χ4v) is 3.38. The molecule has 1 aliphatic rings. The van der Waals surface area contributed by atoms with Crippen molar-refractivity contribution in [1.82, 2.24) is 9.88 Å². The summed E-state index contributed by atoms with van der Waals surface area (Å²) in [5.74, 6) is -0.0474. The van der Waals surface area contributed by atoms with Crippen molar-refractivity contribution < 1.29 is 4.79 Å². The van der Waals surface area contributed by atoms with Crippen LogP contribution >= 0.6 is 0 Å². The first-order valence-corrected chi connectivity index (χ1v) is 8.47. The summed E-state index contributed by atoms with van der Waals surface area (Å²) in [6.07, 6.45) is 0.341. The first kappa shape index (κ1) is 15.4. The van der Waals surface area contributed by atoms with Crippen molar-refractivity contribution in [2.45, 2.75) is 19.5 Å². The first-order chi connectivity index (χ1) is 12.2. The maximum absolute atomic E-state index is 12.9. The minimum Gasteiger partial charge on any atom is -0.361 e. The van der Waals surface area contributed by atoms with Gasteiger partial charge in [-0.2, -0.15) is 0 Å². The van der Waals surface area contributed by atoms with Gasteiger partial charge < -0.3 is 15.2 Å². The van der Waals surface area contributed by atoms with Crippen molar-refractivity contribution >= 4 is 22.5 Å². The highest BCUT2D eigenvalue weighted by molar-refractivity contribution is 6.01. The van der Waals surface area contributed by atoms with Crippen molar-refractivity contribution in [3.63, 3.8) is 0 Å². The van der Waals surface area contributed by atoms with E-state index < -0.39 is 6.17 Å². The maximum Gasteiger partial charge on any atom is 0.257 e. The molecule has 0 saturated carbocycles. The van der Waals surface area contributed by atoms with Crippen LogP contribution in [0.1, 0.15) is 35.4 Å². The van der Waals surface area contributed by atoms with Crippen LogP contribution in [-0.2, 0) is 0 Å². The number of benzene rings is 2. The Labute approximate surface area is 145 Å². The van der Waals surface area contributed by atoms with Crippen LogP contribution in [0, 0.1) is 0 Å². The van der Waals surface area contributed by atoms with Gasteiger partial charge in [0.05, 0.1) is 11.1 Å². The van der Waals surface area contributed by atoms with Gasteiger partial charge in [0.15, 0.2) is 0 Å². The molecule has 0 aliphatic carbocycles. The van der Waals surface area contributed by atoms with Crippen molar-refractivity contribution in [2.24, 2.45) is 0 Å². The fraction of sp³-hybridized carbons (Fsp3) is 0.200. The highest BCUT2D eigenvalue weighted by Crippen LogP contribution is 2.32. The molecule has 2 aromatic carbocycles. The lowest BCUT2D eigenvalue weighted by atomic mass is 10.0. The number of rotatable bonds is 3. The number of hydrogen-bond acceptors (Lipinski definition) is 3. The van der Waals surface area contributed by atoms with Gasteiger partial charge >= 0.3 is 0 Å². The molecule has 5 nitrogen and oxygen atoms in total. The molecule has 0 radical (unpaired) electrons. The smallest absolute Gasteiger partial charge is 0.257 e. The highest BCUT2D eigenvalue weighted by Gasteiger charge is 2.33. The van der Waals surface area contributed by atoms with E-state index in [4.69, 9.17) is 0 Å². The van der Waals surface area contributed by atoms with Crippen LogP contribution in [0.5, 0.6) is 0 Å². The minimum absolute atomic E-state index is 0.0474. The second-order valence-electron chi connectivity index (χ2n) is 6.23. The monoisotopic (exact) mass is 333 g/mol. The molecule has 1 aliphatic heterocycles. The molecule has 25 heavy (non-hydrogen) atoms. The van der Waals surface area contributed by atoms with Crippen molar-refractivity contribution in [3.05, 3.63) is 76.1 Å². The molecule has 0 fully saturated rings. The Hall–Kier alpha value is -3.08. The summed E-state index contributed by atoms with van der Waals surface area (Å²) in [5.41, 5.74) is 2.57. The van der Waals surface area contributed by atoms with E-state index in [0.29, 0.717) is 17.7 Å². The fourth-order valence-electron chi connectivity index (χ4n) is 3.38. The third-order valence-electron chi connectivity index (χ3n) is 4.56. The lowest BCUT2D eigenvalue weighted by Crippen LogP contribution is -2.45. The molecule has 2 N–H and O–H groups in total. The Bertz CT molecular complexity index is 1010. The van der Waals surface area contributed by atoms with E-state index >= 15 is 0 Å². The van der Waals surface area contributed by atoms with E-state index in [1.54, 1.807) is 4.90 Å². The molecule has 4 rings (SSSR count). The summed E-state index contributed by atoms with van der Waals surface area (Å²) in [5, 5.41) is 4.32. The molecule has 3 aromatic rings. The number of H-pyrrole nitrogens is 1. The number of nitrogens with one attached hydrogen (secondary N) is 2. The van der Waals surface area contributed by atoms with Gasteiger partial charge in [0.25, 0.3) is 11.5 Å². The zero-order valence-electron chi connectivity index (χ0n) is 14.0. The quantitative estimate of drug-likeness (QED) is 0.771. The van der Waals surface area contributed by atoms with E-state index in [1.807, 2.05) is 61.5 Å². The number of aromatic amines is 1. The summed E-state index contributed by atoms with van der Waals surface area (Å²) in [4.78, 5) is 30.3. The molecule has 1 amide bonds. The van der Waals surface area contributed by atoms with Crippen LogP contribution in [0.25, 0.3) is 10.9 Å². The number of carbonyl (C=O) groups is 1. The van der Waals surface area contributed by atoms with E-state index in [-0.39, 0.29) is 11.5 Å².